The van der Waals surface area contributed by atoms with Crippen LogP contribution in [-0.2, 0) is 11.8 Å². The van der Waals surface area contributed by atoms with Crippen molar-refractivity contribution >= 4 is 28.4 Å². The molecule has 3 atom stereocenters. The number of fused-ring (bicyclic) bond motifs is 1. The number of rotatable bonds is 5. The van der Waals surface area contributed by atoms with Gasteiger partial charge in [-0.25, -0.2) is 9.07 Å². The van der Waals surface area contributed by atoms with Crippen LogP contribution in [0.1, 0.15) is 40.6 Å². The van der Waals surface area contributed by atoms with E-state index in [1.54, 1.807) is 50.9 Å². The number of carbonyl (C=O) groups excluding carboxylic acids is 2. The van der Waals surface area contributed by atoms with E-state index in [0.29, 0.717) is 17.1 Å². The monoisotopic (exact) mass is 509 g/mol. The molecule has 6 rings (SSSR count). The maximum absolute atomic E-state index is 13.8. The van der Waals surface area contributed by atoms with Crippen molar-refractivity contribution in [2.75, 3.05) is 4.90 Å². The molecule has 0 radical (unpaired) electrons. The Labute approximate surface area is 217 Å². The molecular formula is C28H24FN7O2. The largest absolute Gasteiger partial charge is 0.366 e. The Morgan fingerprint density at radius 1 is 1.05 bits per heavy atom. The van der Waals surface area contributed by atoms with Crippen LogP contribution in [0.3, 0.4) is 0 Å². The summed E-state index contributed by atoms with van der Waals surface area (Å²) in [6.45, 7) is 1.84. The van der Waals surface area contributed by atoms with Crippen LogP contribution < -0.4 is 10.6 Å². The van der Waals surface area contributed by atoms with Crippen molar-refractivity contribution in [1.82, 2.24) is 24.5 Å². The lowest BCUT2D eigenvalue weighted by Crippen LogP contribution is -2.30. The minimum atomic E-state index is -0.597. The van der Waals surface area contributed by atoms with Gasteiger partial charge in [0, 0.05) is 42.4 Å². The number of primary amides is 1. The molecule has 2 aromatic carbocycles. The molecule has 2 amide bonds. The van der Waals surface area contributed by atoms with E-state index in [-0.39, 0.29) is 17.3 Å². The first-order chi connectivity index (χ1) is 18.3. The zero-order valence-electron chi connectivity index (χ0n) is 20.7. The summed E-state index contributed by atoms with van der Waals surface area (Å²) >= 11 is 0. The third kappa shape index (κ3) is 3.73. The second kappa shape index (κ2) is 8.91. The summed E-state index contributed by atoms with van der Waals surface area (Å²) < 4.78 is 16.8. The molecule has 5 aromatic rings. The van der Waals surface area contributed by atoms with E-state index in [4.69, 9.17) is 5.73 Å². The lowest BCUT2D eigenvalue weighted by molar-refractivity contribution is -0.120. The first kappa shape index (κ1) is 23.5. The van der Waals surface area contributed by atoms with Gasteiger partial charge in [-0.15, -0.1) is 0 Å². The van der Waals surface area contributed by atoms with Crippen LogP contribution in [0, 0.1) is 11.7 Å². The van der Waals surface area contributed by atoms with Gasteiger partial charge < -0.3 is 10.6 Å². The van der Waals surface area contributed by atoms with Crippen LogP contribution in [0.15, 0.2) is 79.3 Å². The molecular weight excluding hydrogens is 485 g/mol. The first-order valence-corrected chi connectivity index (χ1v) is 12.1. The summed E-state index contributed by atoms with van der Waals surface area (Å²) in [5, 5.41) is 9.93. The highest BCUT2D eigenvalue weighted by Crippen LogP contribution is 2.49. The molecule has 1 fully saturated rings. The third-order valence-corrected chi connectivity index (χ3v) is 7.14. The van der Waals surface area contributed by atoms with Crippen molar-refractivity contribution in [3.8, 4) is 5.69 Å². The highest BCUT2D eigenvalue weighted by Gasteiger charge is 2.50. The topological polar surface area (TPSA) is 112 Å². The number of benzene rings is 2. The molecule has 38 heavy (non-hydrogen) atoms. The summed E-state index contributed by atoms with van der Waals surface area (Å²) in [4.78, 5) is 32.4. The molecule has 3 unspecified atom stereocenters. The number of hydrogen-bond acceptors (Lipinski definition) is 5. The summed E-state index contributed by atoms with van der Waals surface area (Å²) in [5.41, 5.74) is 9.34. The molecule has 0 bridgehead atoms. The van der Waals surface area contributed by atoms with Crippen LogP contribution in [-0.4, -0.2) is 36.4 Å². The SMILES string of the molecule is CC1C(=O)N(c2ccc3c(cnn3-c3ccc(F)cc3)c2)C(c2ccn(C)n2)C1c1ncccc1C(N)=O. The minimum absolute atomic E-state index is 0.114. The third-order valence-electron chi connectivity index (χ3n) is 7.14. The number of carbonyl (C=O) groups is 2. The molecule has 10 heteroatoms. The van der Waals surface area contributed by atoms with Crippen molar-refractivity contribution in [2.24, 2.45) is 18.7 Å². The molecule has 190 valence electrons. The van der Waals surface area contributed by atoms with E-state index in [2.05, 4.69) is 15.2 Å². The van der Waals surface area contributed by atoms with Gasteiger partial charge in [0.15, 0.2) is 0 Å². The first-order valence-electron chi connectivity index (χ1n) is 12.1. The Hall–Kier alpha value is -4.86. The molecule has 4 heterocycles. The number of aryl methyl sites for hydroxylation is 1. The highest BCUT2D eigenvalue weighted by atomic mass is 19.1. The van der Waals surface area contributed by atoms with Gasteiger partial charge >= 0.3 is 0 Å². The summed E-state index contributed by atoms with van der Waals surface area (Å²) in [6, 6.07) is 16.4. The van der Waals surface area contributed by atoms with E-state index in [0.717, 1.165) is 16.6 Å². The normalized spacial score (nSPS) is 19.4. The zero-order chi connectivity index (χ0) is 26.6. The fourth-order valence-electron chi connectivity index (χ4n) is 5.38. The van der Waals surface area contributed by atoms with Gasteiger partial charge in [-0.3, -0.25) is 19.3 Å². The Kier molecular flexibility index (Phi) is 5.52. The van der Waals surface area contributed by atoms with E-state index >= 15 is 0 Å². The van der Waals surface area contributed by atoms with E-state index in [1.165, 1.54) is 12.1 Å². The molecule has 1 aliphatic rings. The molecule has 0 aliphatic carbocycles. The molecule has 1 saturated heterocycles. The van der Waals surface area contributed by atoms with Gasteiger partial charge in [0.25, 0.3) is 5.91 Å². The Balaban J connectivity index is 1.48. The second-order valence-electron chi connectivity index (χ2n) is 9.46. The van der Waals surface area contributed by atoms with E-state index in [1.807, 2.05) is 44.4 Å². The van der Waals surface area contributed by atoms with Crippen LogP contribution >= 0.6 is 0 Å². The standard InChI is InChI=1S/C28H24FN7O2/c1-16-24(25-21(27(30)37)4-3-12-31-25)26(22-11-13-34(2)33-22)35(28(16)38)20-9-10-23-17(14-20)15-32-36(23)19-7-5-18(29)6-8-19/h3-16,24,26H,1-2H3,(H2,30,37). The minimum Gasteiger partial charge on any atom is -0.366 e. The average molecular weight is 510 g/mol. The maximum atomic E-state index is 13.8. The van der Waals surface area contributed by atoms with Gasteiger partial charge in [0.05, 0.1) is 40.4 Å². The highest BCUT2D eigenvalue weighted by molar-refractivity contribution is 6.02. The molecule has 0 spiro atoms. The van der Waals surface area contributed by atoms with E-state index in [9.17, 15) is 14.0 Å². The Morgan fingerprint density at radius 3 is 2.53 bits per heavy atom. The predicted molar refractivity (Wildman–Crippen MR) is 139 cm³/mol. The number of halogens is 1. The number of pyridine rings is 1. The number of aromatic nitrogens is 5. The maximum Gasteiger partial charge on any atom is 0.250 e. The van der Waals surface area contributed by atoms with Gasteiger partial charge in [0.1, 0.15) is 5.82 Å². The van der Waals surface area contributed by atoms with Crippen LogP contribution in [0.25, 0.3) is 16.6 Å². The van der Waals surface area contributed by atoms with Crippen molar-refractivity contribution in [2.45, 2.75) is 18.9 Å². The number of hydrogen-bond donors (Lipinski definition) is 1. The summed E-state index contributed by atoms with van der Waals surface area (Å²) in [6.07, 6.45) is 5.14. The lowest BCUT2D eigenvalue weighted by atomic mass is 9.84. The number of nitrogens with two attached hydrogens (primary N) is 1. The van der Waals surface area contributed by atoms with E-state index < -0.39 is 23.8 Å². The summed E-state index contributed by atoms with van der Waals surface area (Å²) in [7, 11) is 1.81. The van der Waals surface area contributed by atoms with Crippen molar-refractivity contribution in [3.05, 3.63) is 102 Å². The van der Waals surface area contributed by atoms with Crippen molar-refractivity contribution < 1.29 is 14.0 Å². The lowest BCUT2D eigenvalue weighted by Gasteiger charge is -2.27. The number of anilines is 1. The number of amides is 2. The summed E-state index contributed by atoms with van der Waals surface area (Å²) in [5.74, 6) is -1.99. The molecule has 0 saturated carbocycles. The number of nitrogens with zero attached hydrogens (tertiary/aromatic N) is 6. The molecule has 3 aromatic heterocycles. The fraction of sp³-hybridized carbons (Fsp3) is 0.179. The predicted octanol–water partition coefficient (Wildman–Crippen LogP) is 3.90. The average Bonchev–Trinajstić information content (AvgIpc) is 3.60. The zero-order valence-corrected chi connectivity index (χ0v) is 20.7. The Bertz CT molecular complexity index is 1690. The second-order valence-corrected chi connectivity index (χ2v) is 9.46. The van der Waals surface area contributed by atoms with Crippen LogP contribution in [0.4, 0.5) is 10.1 Å². The van der Waals surface area contributed by atoms with Crippen LogP contribution in [0.5, 0.6) is 0 Å². The van der Waals surface area contributed by atoms with Crippen LogP contribution in [0.2, 0.25) is 0 Å². The Morgan fingerprint density at radius 2 is 1.82 bits per heavy atom. The fourth-order valence-corrected chi connectivity index (χ4v) is 5.38. The molecule has 1 aliphatic heterocycles. The quantitative estimate of drug-likeness (QED) is 0.386. The molecule has 2 N–H and O–H groups in total. The van der Waals surface area contributed by atoms with Crippen molar-refractivity contribution in [1.29, 1.82) is 0 Å². The van der Waals surface area contributed by atoms with Gasteiger partial charge in [-0.05, 0) is 60.7 Å². The van der Waals surface area contributed by atoms with Gasteiger partial charge in [-0.1, -0.05) is 6.92 Å². The smallest absolute Gasteiger partial charge is 0.250 e. The van der Waals surface area contributed by atoms with Crippen molar-refractivity contribution in [3.63, 3.8) is 0 Å². The van der Waals surface area contributed by atoms with Gasteiger partial charge in [0.2, 0.25) is 5.91 Å². The van der Waals surface area contributed by atoms with Gasteiger partial charge in [-0.2, -0.15) is 10.2 Å². The molecule has 9 nitrogen and oxygen atoms in total.